The fourth-order valence-corrected chi connectivity index (χ4v) is 3.19. The summed E-state index contributed by atoms with van der Waals surface area (Å²) < 4.78 is 5.49. The van der Waals surface area contributed by atoms with E-state index in [-0.39, 0.29) is 5.91 Å². The maximum atomic E-state index is 11.3. The molecule has 1 saturated heterocycles. The zero-order valence-corrected chi connectivity index (χ0v) is 11.9. The van der Waals surface area contributed by atoms with Crippen molar-refractivity contribution in [3.8, 4) is 0 Å². The number of aromatic nitrogens is 1. The lowest BCUT2D eigenvalue weighted by molar-refractivity contribution is -0.120. The third-order valence-corrected chi connectivity index (χ3v) is 4.39. The summed E-state index contributed by atoms with van der Waals surface area (Å²) in [6.07, 6.45) is 7.04. The molecule has 0 radical (unpaired) electrons. The Labute approximate surface area is 119 Å². The van der Waals surface area contributed by atoms with Gasteiger partial charge in [-0.2, -0.15) is 0 Å². The van der Waals surface area contributed by atoms with E-state index in [2.05, 4.69) is 21.4 Å². The van der Waals surface area contributed by atoms with E-state index in [1.165, 1.54) is 32.1 Å². The average molecular weight is 277 g/mol. The highest BCUT2D eigenvalue weighted by molar-refractivity contribution is 5.76. The fraction of sp³-hybridized carbons (Fsp3) is 0.733. The molecule has 0 unspecified atom stereocenters. The molecule has 20 heavy (non-hydrogen) atoms. The molecule has 0 atom stereocenters. The van der Waals surface area contributed by atoms with Crippen molar-refractivity contribution in [2.75, 3.05) is 19.6 Å². The van der Waals surface area contributed by atoms with Crippen LogP contribution in [0.1, 0.15) is 55.9 Å². The smallest absolute Gasteiger partial charge is 0.221 e. The molecule has 1 saturated carbocycles. The van der Waals surface area contributed by atoms with Gasteiger partial charge in [-0.1, -0.05) is 24.4 Å². The second kappa shape index (κ2) is 6.39. The van der Waals surface area contributed by atoms with Crippen LogP contribution in [0.5, 0.6) is 0 Å². The monoisotopic (exact) mass is 277 g/mol. The molecule has 5 heteroatoms. The van der Waals surface area contributed by atoms with Crippen molar-refractivity contribution in [3.63, 3.8) is 0 Å². The molecule has 2 heterocycles. The zero-order valence-electron chi connectivity index (χ0n) is 11.9. The van der Waals surface area contributed by atoms with Gasteiger partial charge in [-0.3, -0.25) is 9.69 Å². The Morgan fingerprint density at radius 3 is 3.00 bits per heavy atom. The van der Waals surface area contributed by atoms with Crippen LogP contribution in [0.4, 0.5) is 0 Å². The van der Waals surface area contributed by atoms with Crippen molar-refractivity contribution in [3.05, 3.63) is 17.5 Å². The maximum Gasteiger partial charge on any atom is 0.221 e. The molecular weight excluding hydrogens is 254 g/mol. The second-order valence-electron chi connectivity index (χ2n) is 5.93. The Kier molecular flexibility index (Phi) is 4.35. The molecule has 1 aromatic heterocycles. The van der Waals surface area contributed by atoms with Crippen LogP contribution < -0.4 is 5.32 Å². The first kappa shape index (κ1) is 13.6. The first-order valence-electron chi connectivity index (χ1n) is 7.76. The van der Waals surface area contributed by atoms with E-state index in [1.54, 1.807) is 0 Å². The molecule has 0 aromatic carbocycles. The number of hydrogen-bond donors (Lipinski definition) is 1. The van der Waals surface area contributed by atoms with E-state index in [9.17, 15) is 4.79 Å². The summed E-state index contributed by atoms with van der Waals surface area (Å²) in [7, 11) is 0. The van der Waals surface area contributed by atoms with Crippen molar-refractivity contribution in [1.29, 1.82) is 0 Å². The molecule has 0 bridgehead atoms. The van der Waals surface area contributed by atoms with Crippen LogP contribution in [0.15, 0.2) is 10.6 Å². The van der Waals surface area contributed by atoms with E-state index >= 15 is 0 Å². The molecule has 2 aliphatic rings. The van der Waals surface area contributed by atoms with Gasteiger partial charge in [0.25, 0.3) is 0 Å². The van der Waals surface area contributed by atoms with Crippen LogP contribution in [0.3, 0.4) is 0 Å². The molecule has 1 amide bonds. The highest BCUT2D eigenvalue weighted by Crippen LogP contribution is 2.32. The lowest BCUT2D eigenvalue weighted by Gasteiger charge is -2.18. The topological polar surface area (TPSA) is 58.4 Å². The third kappa shape index (κ3) is 3.39. The first-order chi connectivity index (χ1) is 9.81. The van der Waals surface area contributed by atoms with Gasteiger partial charge in [-0.25, -0.2) is 0 Å². The summed E-state index contributed by atoms with van der Waals surface area (Å²) in [6.45, 7) is 3.16. The Hall–Kier alpha value is -1.36. The van der Waals surface area contributed by atoms with Crippen LogP contribution in [0.25, 0.3) is 0 Å². The number of rotatable bonds is 3. The summed E-state index contributed by atoms with van der Waals surface area (Å²) >= 11 is 0. The molecule has 2 fully saturated rings. The van der Waals surface area contributed by atoms with Gasteiger partial charge in [0.1, 0.15) is 0 Å². The predicted molar refractivity (Wildman–Crippen MR) is 75.2 cm³/mol. The SMILES string of the molecule is O=C1CCN(Cc2cc(C3CCCCC3)no2)CCN1. The van der Waals surface area contributed by atoms with Crippen LogP contribution in [-0.4, -0.2) is 35.6 Å². The van der Waals surface area contributed by atoms with Gasteiger partial charge >= 0.3 is 0 Å². The Balaban J connectivity index is 1.57. The number of nitrogens with one attached hydrogen (secondary N) is 1. The molecule has 3 rings (SSSR count). The standard InChI is InChI=1S/C15H23N3O2/c19-15-6-8-18(9-7-16-15)11-13-10-14(17-20-13)12-4-2-1-3-5-12/h10,12H,1-9,11H2,(H,16,19). The molecule has 1 aliphatic heterocycles. The van der Waals surface area contributed by atoms with Crippen molar-refractivity contribution in [2.45, 2.75) is 51.0 Å². The van der Waals surface area contributed by atoms with E-state index in [0.717, 1.165) is 37.6 Å². The number of hydrogen-bond acceptors (Lipinski definition) is 4. The summed E-state index contributed by atoms with van der Waals surface area (Å²) in [6, 6.07) is 2.12. The van der Waals surface area contributed by atoms with E-state index in [0.29, 0.717) is 12.3 Å². The second-order valence-corrected chi connectivity index (χ2v) is 5.93. The summed E-state index contributed by atoms with van der Waals surface area (Å²) in [5.74, 6) is 1.67. The summed E-state index contributed by atoms with van der Waals surface area (Å²) in [5, 5.41) is 7.15. The molecular formula is C15H23N3O2. The summed E-state index contributed by atoms with van der Waals surface area (Å²) in [4.78, 5) is 13.6. The minimum atomic E-state index is 0.146. The van der Waals surface area contributed by atoms with Gasteiger partial charge in [0, 0.05) is 38.0 Å². The number of nitrogens with zero attached hydrogens (tertiary/aromatic N) is 2. The maximum absolute atomic E-state index is 11.3. The van der Waals surface area contributed by atoms with Gasteiger partial charge in [0.15, 0.2) is 5.76 Å². The van der Waals surface area contributed by atoms with Gasteiger partial charge in [-0.05, 0) is 12.8 Å². The van der Waals surface area contributed by atoms with Gasteiger partial charge in [0.05, 0.1) is 12.2 Å². The van der Waals surface area contributed by atoms with Crippen LogP contribution in [-0.2, 0) is 11.3 Å². The highest BCUT2D eigenvalue weighted by Gasteiger charge is 2.20. The van der Waals surface area contributed by atoms with E-state index in [1.807, 2.05) is 0 Å². The molecule has 1 aromatic rings. The fourth-order valence-electron chi connectivity index (χ4n) is 3.19. The van der Waals surface area contributed by atoms with Crippen LogP contribution in [0, 0.1) is 0 Å². The molecule has 0 spiro atoms. The highest BCUT2D eigenvalue weighted by atomic mass is 16.5. The van der Waals surface area contributed by atoms with Crippen molar-refractivity contribution in [2.24, 2.45) is 0 Å². The molecule has 1 N–H and O–H groups in total. The van der Waals surface area contributed by atoms with Crippen LogP contribution >= 0.6 is 0 Å². The van der Waals surface area contributed by atoms with Gasteiger partial charge < -0.3 is 9.84 Å². The quantitative estimate of drug-likeness (QED) is 0.918. The minimum absolute atomic E-state index is 0.146. The normalized spacial score (nSPS) is 22.5. The largest absolute Gasteiger partial charge is 0.360 e. The van der Waals surface area contributed by atoms with Crippen molar-refractivity contribution < 1.29 is 9.32 Å². The number of amides is 1. The Bertz CT molecular complexity index is 452. The van der Waals surface area contributed by atoms with Crippen molar-refractivity contribution >= 4 is 5.91 Å². The first-order valence-corrected chi connectivity index (χ1v) is 7.76. The Morgan fingerprint density at radius 2 is 2.15 bits per heavy atom. The molecule has 5 nitrogen and oxygen atoms in total. The van der Waals surface area contributed by atoms with Crippen LogP contribution in [0.2, 0.25) is 0 Å². The zero-order chi connectivity index (χ0) is 13.8. The van der Waals surface area contributed by atoms with E-state index < -0.39 is 0 Å². The van der Waals surface area contributed by atoms with E-state index in [4.69, 9.17) is 4.52 Å². The molecule has 110 valence electrons. The van der Waals surface area contributed by atoms with Gasteiger partial charge in [0.2, 0.25) is 5.91 Å². The molecule has 1 aliphatic carbocycles. The van der Waals surface area contributed by atoms with Gasteiger partial charge in [-0.15, -0.1) is 0 Å². The average Bonchev–Trinajstić information content (AvgIpc) is 2.84. The summed E-state index contributed by atoms with van der Waals surface area (Å²) in [5.41, 5.74) is 1.13. The van der Waals surface area contributed by atoms with Crippen molar-refractivity contribution in [1.82, 2.24) is 15.4 Å². The lowest BCUT2D eigenvalue weighted by atomic mass is 9.87. The number of carbonyl (C=O) groups excluding carboxylic acids is 1. The lowest BCUT2D eigenvalue weighted by Crippen LogP contribution is -2.28. The Morgan fingerprint density at radius 1 is 1.30 bits per heavy atom. The number of carbonyl (C=O) groups is 1. The predicted octanol–water partition coefficient (Wildman–Crippen LogP) is 2.04. The third-order valence-electron chi connectivity index (χ3n) is 4.39. The minimum Gasteiger partial charge on any atom is -0.360 e.